The fraction of sp³-hybridized carbons (Fsp3) is 0.933. The smallest absolute Gasteiger partial charge is 0.449 e. The summed E-state index contributed by atoms with van der Waals surface area (Å²) in [6.07, 6.45) is -12.4. The van der Waals surface area contributed by atoms with Gasteiger partial charge >= 0.3 is 29.8 Å². The molecule has 0 spiro atoms. The number of carbonyl (C=O) groups excluding carboxylic acids is 1. The van der Waals surface area contributed by atoms with Crippen molar-refractivity contribution in [2.75, 3.05) is 13.9 Å². The van der Waals surface area contributed by atoms with Crippen LogP contribution in [0, 0.1) is 5.41 Å². The standard InChI is InChI=1S/C15H21F7O5/c1-6-11(3,4)10(23)26-9-12(16,17)8(2)27-14(13(9,18)19,15(20,21)22)25-7-24-5/h8-9H,6-7H2,1-5H3. The third kappa shape index (κ3) is 3.88. The van der Waals surface area contributed by atoms with Crippen molar-refractivity contribution in [2.45, 2.75) is 70.1 Å². The fourth-order valence-corrected chi connectivity index (χ4v) is 2.21. The molecule has 160 valence electrons. The van der Waals surface area contributed by atoms with Gasteiger partial charge < -0.3 is 18.9 Å². The molecule has 0 aromatic heterocycles. The molecule has 1 heterocycles. The molecule has 3 unspecified atom stereocenters. The second kappa shape index (κ2) is 7.36. The summed E-state index contributed by atoms with van der Waals surface area (Å²) >= 11 is 0. The molecule has 3 atom stereocenters. The highest BCUT2D eigenvalue weighted by Crippen LogP contribution is 2.56. The lowest BCUT2D eigenvalue weighted by molar-refractivity contribution is -0.508. The van der Waals surface area contributed by atoms with Gasteiger partial charge in [0.25, 0.3) is 0 Å². The molecular weight excluding hydrogens is 393 g/mol. The highest BCUT2D eigenvalue weighted by atomic mass is 19.4. The number of ether oxygens (including phenoxy) is 4. The molecule has 1 fully saturated rings. The number of esters is 1. The topological polar surface area (TPSA) is 54.0 Å². The monoisotopic (exact) mass is 414 g/mol. The van der Waals surface area contributed by atoms with Crippen LogP contribution in [0.4, 0.5) is 30.7 Å². The van der Waals surface area contributed by atoms with Gasteiger partial charge in [0.1, 0.15) is 12.9 Å². The third-order valence-electron chi connectivity index (χ3n) is 4.42. The van der Waals surface area contributed by atoms with E-state index in [0.717, 1.165) is 7.11 Å². The molecule has 1 saturated heterocycles. The zero-order valence-corrected chi connectivity index (χ0v) is 15.3. The molecule has 5 nitrogen and oxygen atoms in total. The molecule has 0 radical (unpaired) electrons. The van der Waals surface area contributed by atoms with Crippen molar-refractivity contribution in [1.29, 1.82) is 0 Å². The highest BCUT2D eigenvalue weighted by molar-refractivity contribution is 5.76. The first kappa shape index (κ1) is 23.9. The first-order valence-corrected chi connectivity index (χ1v) is 7.85. The molecule has 27 heavy (non-hydrogen) atoms. The highest BCUT2D eigenvalue weighted by Gasteiger charge is 2.84. The summed E-state index contributed by atoms with van der Waals surface area (Å²) in [5.74, 6) is -16.4. The Morgan fingerprint density at radius 3 is 2.07 bits per heavy atom. The number of methoxy groups -OCH3 is 1. The van der Waals surface area contributed by atoms with Gasteiger partial charge in [-0.3, -0.25) is 4.79 Å². The molecule has 0 saturated carbocycles. The van der Waals surface area contributed by atoms with Crippen molar-refractivity contribution in [3.63, 3.8) is 0 Å². The minimum absolute atomic E-state index is 0.00629. The summed E-state index contributed by atoms with van der Waals surface area (Å²) in [5.41, 5.74) is -1.48. The SMILES string of the molecule is CCC(C)(C)C(=O)OC1C(F)(F)C(C)OC(OCOC)(C(F)(F)F)C1(F)F. The minimum atomic E-state index is -5.95. The lowest BCUT2D eigenvalue weighted by Gasteiger charge is -2.51. The molecule has 0 amide bonds. The maximum absolute atomic E-state index is 14.7. The Balaban J connectivity index is 3.51. The van der Waals surface area contributed by atoms with Crippen molar-refractivity contribution < 1.29 is 54.5 Å². The minimum Gasteiger partial charge on any atom is -0.449 e. The molecule has 1 rings (SSSR count). The predicted molar refractivity (Wildman–Crippen MR) is 76.1 cm³/mol. The Labute approximate surface area is 151 Å². The molecule has 1 aliphatic rings. The molecule has 0 N–H and O–H groups in total. The fourth-order valence-electron chi connectivity index (χ4n) is 2.21. The van der Waals surface area contributed by atoms with Crippen LogP contribution in [0.3, 0.4) is 0 Å². The van der Waals surface area contributed by atoms with Crippen LogP contribution < -0.4 is 0 Å². The van der Waals surface area contributed by atoms with Crippen LogP contribution in [0.15, 0.2) is 0 Å². The zero-order chi connectivity index (χ0) is 21.5. The first-order chi connectivity index (χ1) is 12.0. The number of hydrogen-bond donors (Lipinski definition) is 0. The summed E-state index contributed by atoms with van der Waals surface area (Å²) < 4.78 is 115. The summed E-state index contributed by atoms with van der Waals surface area (Å²) in [7, 11) is 0.838. The lowest BCUT2D eigenvalue weighted by atomic mass is 9.88. The quantitative estimate of drug-likeness (QED) is 0.375. The van der Waals surface area contributed by atoms with Gasteiger partial charge in [-0.25, -0.2) is 0 Å². The second-order valence-electron chi connectivity index (χ2n) is 6.75. The first-order valence-electron chi connectivity index (χ1n) is 7.85. The van der Waals surface area contributed by atoms with Crippen molar-refractivity contribution in [2.24, 2.45) is 5.41 Å². The molecular formula is C15H21F7O5. The molecule has 0 aliphatic carbocycles. The van der Waals surface area contributed by atoms with Gasteiger partial charge in [-0.15, -0.1) is 0 Å². The Morgan fingerprint density at radius 1 is 1.15 bits per heavy atom. The number of halogens is 7. The van der Waals surface area contributed by atoms with Crippen molar-refractivity contribution in [1.82, 2.24) is 0 Å². The summed E-state index contributed by atoms with van der Waals surface area (Å²) in [4.78, 5) is 12.0. The van der Waals surface area contributed by atoms with Crippen LogP contribution in [0.1, 0.15) is 34.1 Å². The second-order valence-corrected chi connectivity index (χ2v) is 6.75. The molecule has 0 aromatic rings. The van der Waals surface area contributed by atoms with Gasteiger partial charge in [0.15, 0.2) is 0 Å². The van der Waals surface area contributed by atoms with E-state index in [1.165, 1.54) is 20.8 Å². The van der Waals surface area contributed by atoms with Crippen LogP contribution in [0.2, 0.25) is 0 Å². The van der Waals surface area contributed by atoms with E-state index in [0.29, 0.717) is 6.92 Å². The number of rotatable bonds is 6. The van der Waals surface area contributed by atoms with Gasteiger partial charge in [-0.1, -0.05) is 6.92 Å². The Morgan fingerprint density at radius 2 is 1.67 bits per heavy atom. The normalized spacial score (nSPS) is 30.8. The van der Waals surface area contributed by atoms with Gasteiger partial charge in [-0.2, -0.15) is 30.7 Å². The van der Waals surface area contributed by atoms with Crippen LogP contribution >= 0.6 is 0 Å². The van der Waals surface area contributed by atoms with E-state index in [4.69, 9.17) is 0 Å². The van der Waals surface area contributed by atoms with Gasteiger partial charge in [0, 0.05) is 7.11 Å². The number of hydrogen-bond acceptors (Lipinski definition) is 5. The average Bonchev–Trinajstić information content (AvgIpc) is 2.52. The third-order valence-corrected chi connectivity index (χ3v) is 4.42. The lowest BCUT2D eigenvalue weighted by Crippen LogP contribution is -2.77. The van der Waals surface area contributed by atoms with E-state index >= 15 is 0 Å². The van der Waals surface area contributed by atoms with Gasteiger partial charge in [0.2, 0.25) is 6.10 Å². The maximum Gasteiger partial charge on any atom is 0.450 e. The van der Waals surface area contributed by atoms with Crippen LogP contribution in [0.25, 0.3) is 0 Å². The van der Waals surface area contributed by atoms with Crippen LogP contribution in [-0.4, -0.2) is 55.9 Å². The Kier molecular flexibility index (Phi) is 6.51. The molecule has 0 aromatic carbocycles. The van der Waals surface area contributed by atoms with E-state index in [1.54, 1.807) is 0 Å². The predicted octanol–water partition coefficient (Wildman–Crippen LogP) is 3.90. The van der Waals surface area contributed by atoms with E-state index in [-0.39, 0.29) is 6.42 Å². The van der Waals surface area contributed by atoms with E-state index in [9.17, 15) is 35.5 Å². The Bertz CT molecular complexity index is 549. The zero-order valence-electron chi connectivity index (χ0n) is 15.3. The van der Waals surface area contributed by atoms with Crippen LogP contribution in [-0.2, 0) is 23.7 Å². The van der Waals surface area contributed by atoms with E-state index < -0.39 is 54.2 Å². The van der Waals surface area contributed by atoms with E-state index in [1.807, 2.05) is 0 Å². The summed E-state index contributed by atoms with van der Waals surface area (Å²) in [6, 6.07) is 0. The number of carbonyl (C=O) groups is 1. The summed E-state index contributed by atoms with van der Waals surface area (Å²) in [5, 5.41) is 0. The molecule has 12 heteroatoms. The molecule has 0 bridgehead atoms. The van der Waals surface area contributed by atoms with Gasteiger partial charge in [0.05, 0.1) is 5.41 Å². The number of alkyl halides is 7. The molecule has 1 aliphatic heterocycles. The average molecular weight is 414 g/mol. The largest absolute Gasteiger partial charge is 0.450 e. The summed E-state index contributed by atoms with van der Waals surface area (Å²) in [6.45, 7) is 2.98. The van der Waals surface area contributed by atoms with E-state index in [2.05, 4.69) is 18.9 Å². The Hall–Kier alpha value is -1.14. The van der Waals surface area contributed by atoms with Crippen molar-refractivity contribution in [3.8, 4) is 0 Å². The van der Waals surface area contributed by atoms with Crippen molar-refractivity contribution in [3.05, 3.63) is 0 Å². The maximum atomic E-state index is 14.7. The van der Waals surface area contributed by atoms with Crippen molar-refractivity contribution >= 4 is 5.97 Å². The van der Waals surface area contributed by atoms with Gasteiger partial charge in [-0.05, 0) is 27.2 Å². The van der Waals surface area contributed by atoms with Crippen LogP contribution in [0.5, 0.6) is 0 Å².